The predicted molar refractivity (Wildman–Crippen MR) is 102 cm³/mol. The number of hydrogen-bond donors (Lipinski definition) is 1. The second-order valence-electron chi connectivity index (χ2n) is 8.51. The minimum atomic E-state index is -0.549. The molecule has 1 aliphatic rings. The lowest BCUT2D eigenvalue weighted by molar-refractivity contribution is 0.00578. The number of nitrogens with one attached hydrogen (secondary N) is 1. The summed E-state index contributed by atoms with van der Waals surface area (Å²) in [6.07, 6.45) is -0.472. The van der Waals surface area contributed by atoms with Crippen molar-refractivity contribution in [3.05, 3.63) is 23.8 Å². The summed E-state index contributed by atoms with van der Waals surface area (Å²) < 4.78 is 22.9. The molecule has 26 heavy (non-hydrogen) atoms. The van der Waals surface area contributed by atoms with Gasteiger partial charge in [-0.2, -0.15) is 0 Å². The highest BCUT2D eigenvalue weighted by atomic mass is 16.7. The fraction of sp³-hybridized carbons (Fsp3) is 0.632. The van der Waals surface area contributed by atoms with Crippen LogP contribution in [0.3, 0.4) is 0 Å². The van der Waals surface area contributed by atoms with Crippen LogP contribution in [0.4, 0.5) is 4.79 Å². The molecule has 1 aromatic carbocycles. The van der Waals surface area contributed by atoms with E-state index in [4.69, 9.17) is 18.8 Å². The normalized spacial score (nSPS) is 18.5. The van der Waals surface area contributed by atoms with Gasteiger partial charge in [0.2, 0.25) is 0 Å². The monoisotopic (exact) mass is 363 g/mol. The van der Waals surface area contributed by atoms with Crippen molar-refractivity contribution in [1.82, 2.24) is 5.32 Å². The zero-order valence-electron chi connectivity index (χ0n) is 17.1. The average Bonchev–Trinajstić information content (AvgIpc) is 2.71. The van der Waals surface area contributed by atoms with E-state index in [1.165, 1.54) is 0 Å². The molecule has 0 radical (unpaired) electrons. The van der Waals surface area contributed by atoms with E-state index in [-0.39, 0.29) is 6.54 Å². The molecular weight excluding hydrogens is 333 g/mol. The van der Waals surface area contributed by atoms with Crippen LogP contribution in [0.15, 0.2) is 18.2 Å². The highest BCUT2D eigenvalue weighted by molar-refractivity contribution is 6.62. The van der Waals surface area contributed by atoms with Gasteiger partial charge in [0.1, 0.15) is 11.4 Å². The molecule has 0 saturated carbocycles. The van der Waals surface area contributed by atoms with E-state index in [2.05, 4.69) is 5.32 Å². The number of rotatable bonds is 4. The third-order valence-corrected chi connectivity index (χ3v) is 4.68. The molecular formula is C19H30BNO5. The molecule has 1 amide bonds. The molecule has 1 saturated heterocycles. The summed E-state index contributed by atoms with van der Waals surface area (Å²) in [6, 6.07) is 5.64. The Labute approximate surface area is 156 Å². The standard InChI is InChI=1S/C19H30BNO5/c1-17(2,3)24-16(22)21-12-13-11-14(23-8)9-10-15(13)20-25-18(4,5)19(6,7)26-20/h9-11H,12H2,1-8H3,(H,21,22). The van der Waals surface area contributed by atoms with Gasteiger partial charge in [-0.25, -0.2) is 4.79 Å². The third kappa shape index (κ3) is 4.71. The highest BCUT2D eigenvalue weighted by Gasteiger charge is 2.52. The fourth-order valence-corrected chi connectivity index (χ4v) is 2.54. The Hall–Kier alpha value is -1.73. The topological polar surface area (TPSA) is 66.0 Å². The molecule has 0 spiro atoms. The third-order valence-electron chi connectivity index (χ3n) is 4.68. The smallest absolute Gasteiger partial charge is 0.495 e. The number of methoxy groups -OCH3 is 1. The summed E-state index contributed by atoms with van der Waals surface area (Å²) in [5.41, 5.74) is 0.294. The summed E-state index contributed by atoms with van der Waals surface area (Å²) in [7, 11) is 1.09. The van der Waals surface area contributed by atoms with Crippen molar-refractivity contribution in [2.75, 3.05) is 7.11 Å². The molecule has 2 rings (SSSR count). The predicted octanol–water partition coefficient (Wildman–Crippen LogP) is 3.02. The van der Waals surface area contributed by atoms with Gasteiger partial charge >= 0.3 is 13.2 Å². The van der Waals surface area contributed by atoms with E-state index in [1.807, 2.05) is 66.7 Å². The van der Waals surface area contributed by atoms with Crippen LogP contribution in [0.25, 0.3) is 0 Å². The van der Waals surface area contributed by atoms with Gasteiger partial charge in [0.25, 0.3) is 0 Å². The maximum atomic E-state index is 12.0. The second kappa shape index (κ2) is 7.12. The summed E-state index contributed by atoms with van der Waals surface area (Å²) >= 11 is 0. The van der Waals surface area contributed by atoms with Gasteiger partial charge in [0.15, 0.2) is 0 Å². The lowest BCUT2D eigenvalue weighted by Gasteiger charge is -2.32. The lowest BCUT2D eigenvalue weighted by Crippen LogP contribution is -2.41. The van der Waals surface area contributed by atoms with E-state index in [0.717, 1.165) is 11.0 Å². The first kappa shape index (κ1) is 20.6. The molecule has 0 aromatic heterocycles. The van der Waals surface area contributed by atoms with Gasteiger partial charge in [-0.05, 0) is 71.6 Å². The molecule has 1 fully saturated rings. The van der Waals surface area contributed by atoms with E-state index in [1.54, 1.807) is 7.11 Å². The number of alkyl carbamates (subject to hydrolysis) is 1. The van der Waals surface area contributed by atoms with Crippen molar-refractivity contribution >= 4 is 18.7 Å². The Kier molecular flexibility index (Phi) is 5.64. The Balaban J connectivity index is 2.21. The van der Waals surface area contributed by atoms with Crippen LogP contribution in [0, 0.1) is 0 Å². The van der Waals surface area contributed by atoms with E-state index < -0.39 is 30.0 Å². The zero-order chi connectivity index (χ0) is 19.8. The summed E-state index contributed by atoms with van der Waals surface area (Å²) in [5, 5.41) is 2.78. The van der Waals surface area contributed by atoms with Gasteiger partial charge in [-0.3, -0.25) is 0 Å². The molecule has 1 N–H and O–H groups in total. The van der Waals surface area contributed by atoms with Crippen molar-refractivity contribution in [2.24, 2.45) is 0 Å². The first-order chi connectivity index (χ1) is 11.8. The molecule has 144 valence electrons. The minimum Gasteiger partial charge on any atom is -0.497 e. The van der Waals surface area contributed by atoms with Crippen LogP contribution >= 0.6 is 0 Å². The van der Waals surface area contributed by atoms with Gasteiger partial charge in [-0.1, -0.05) is 6.07 Å². The fourth-order valence-electron chi connectivity index (χ4n) is 2.54. The van der Waals surface area contributed by atoms with E-state index in [9.17, 15) is 4.79 Å². The van der Waals surface area contributed by atoms with Crippen molar-refractivity contribution < 1.29 is 23.6 Å². The maximum Gasteiger partial charge on any atom is 0.495 e. The number of carbonyl (C=O) groups excluding carboxylic acids is 1. The number of benzene rings is 1. The van der Waals surface area contributed by atoms with Crippen molar-refractivity contribution in [3.8, 4) is 5.75 Å². The zero-order valence-corrected chi connectivity index (χ0v) is 17.1. The maximum absolute atomic E-state index is 12.0. The average molecular weight is 363 g/mol. The second-order valence-corrected chi connectivity index (χ2v) is 8.51. The summed E-state index contributed by atoms with van der Waals surface area (Å²) in [4.78, 5) is 12.0. The van der Waals surface area contributed by atoms with Gasteiger partial charge in [0.05, 0.1) is 18.3 Å². The molecule has 1 aliphatic heterocycles. The number of carbonyl (C=O) groups is 1. The van der Waals surface area contributed by atoms with Gasteiger partial charge < -0.3 is 24.1 Å². The molecule has 7 heteroatoms. The van der Waals surface area contributed by atoms with E-state index in [0.29, 0.717) is 5.75 Å². The highest BCUT2D eigenvalue weighted by Crippen LogP contribution is 2.36. The lowest BCUT2D eigenvalue weighted by atomic mass is 9.76. The molecule has 1 heterocycles. The Morgan fingerprint density at radius 2 is 1.73 bits per heavy atom. The van der Waals surface area contributed by atoms with Crippen LogP contribution in [0.1, 0.15) is 54.0 Å². The first-order valence-corrected chi connectivity index (χ1v) is 8.84. The van der Waals surface area contributed by atoms with E-state index >= 15 is 0 Å². The first-order valence-electron chi connectivity index (χ1n) is 8.84. The van der Waals surface area contributed by atoms with Crippen molar-refractivity contribution in [3.63, 3.8) is 0 Å². The SMILES string of the molecule is COc1ccc(B2OC(C)(C)C(C)(C)O2)c(CNC(=O)OC(C)(C)C)c1. The van der Waals surface area contributed by atoms with Crippen LogP contribution in [-0.2, 0) is 20.6 Å². The number of amides is 1. The molecule has 0 bridgehead atoms. The van der Waals surface area contributed by atoms with Crippen molar-refractivity contribution in [2.45, 2.75) is 71.8 Å². The Bertz CT molecular complexity index is 650. The largest absolute Gasteiger partial charge is 0.497 e. The quantitative estimate of drug-likeness (QED) is 0.833. The van der Waals surface area contributed by atoms with Gasteiger partial charge in [-0.15, -0.1) is 0 Å². The summed E-state index contributed by atoms with van der Waals surface area (Å²) in [5.74, 6) is 0.700. The van der Waals surface area contributed by atoms with Crippen LogP contribution in [-0.4, -0.2) is 37.1 Å². The van der Waals surface area contributed by atoms with Crippen LogP contribution in [0.2, 0.25) is 0 Å². The number of ether oxygens (including phenoxy) is 2. The molecule has 0 aliphatic carbocycles. The molecule has 6 nitrogen and oxygen atoms in total. The van der Waals surface area contributed by atoms with Crippen LogP contribution in [0.5, 0.6) is 5.75 Å². The molecule has 1 aromatic rings. The van der Waals surface area contributed by atoms with Crippen LogP contribution < -0.4 is 15.5 Å². The number of hydrogen-bond acceptors (Lipinski definition) is 5. The minimum absolute atomic E-state index is 0.283. The Morgan fingerprint density at radius 3 is 2.23 bits per heavy atom. The summed E-state index contributed by atoms with van der Waals surface area (Å²) in [6.45, 7) is 13.8. The van der Waals surface area contributed by atoms with Gasteiger partial charge in [0, 0.05) is 6.54 Å². The van der Waals surface area contributed by atoms with Crippen molar-refractivity contribution in [1.29, 1.82) is 0 Å². The molecule has 0 atom stereocenters. The Morgan fingerprint density at radius 1 is 1.15 bits per heavy atom. The molecule has 0 unspecified atom stereocenters.